The Morgan fingerprint density at radius 2 is 2.08 bits per heavy atom. The zero-order valence-electron chi connectivity index (χ0n) is 7.92. The molecule has 0 aromatic heterocycles. The van der Waals surface area contributed by atoms with E-state index in [0.29, 0.717) is 17.9 Å². The van der Waals surface area contributed by atoms with Gasteiger partial charge in [0.25, 0.3) is 0 Å². The summed E-state index contributed by atoms with van der Waals surface area (Å²) in [5.74, 6) is 0.455. The van der Waals surface area contributed by atoms with Gasteiger partial charge in [0, 0.05) is 12.0 Å². The van der Waals surface area contributed by atoms with Gasteiger partial charge in [0.05, 0.1) is 6.10 Å². The van der Waals surface area contributed by atoms with Gasteiger partial charge in [0.2, 0.25) is 0 Å². The number of hydrogen-bond acceptors (Lipinski definition) is 2. The van der Waals surface area contributed by atoms with Crippen LogP contribution in [0.4, 0.5) is 0 Å². The van der Waals surface area contributed by atoms with Crippen molar-refractivity contribution in [3.63, 3.8) is 0 Å². The van der Waals surface area contributed by atoms with Crippen LogP contribution in [-0.4, -0.2) is 17.0 Å². The quantitative estimate of drug-likeness (QED) is 0.559. The molecule has 1 N–H and O–H groups in total. The summed E-state index contributed by atoms with van der Waals surface area (Å²) in [6.45, 7) is 5.77. The minimum absolute atomic E-state index is 0.126. The summed E-state index contributed by atoms with van der Waals surface area (Å²) in [6.07, 6.45) is 0.801. The van der Waals surface area contributed by atoms with Crippen LogP contribution >= 0.6 is 0 Å². The van der Waals surface area contributed by atoms with E-state index in [1.807, 2.05) is 20.8 Å². The lowest BCUT2D eigenvalue weighted by atomic mass is 9.82. The summed E-state index contributed by atoms with van der Waals surface area (Å²) in [7, 11) is 0. The van der Waals surface area contributed by atoms with Crippen molar-refractivity contribution in [3.8, 4) is 0 Å². The fourth-order valence-corrected chi connectivity index (χ4v) is 1.81. The Morgan fingerprint density at radius 3 is 2.50 bits per heavy atom. The van der Waals surface area contributed by atoms with Crippen molar-refractivity contribution in [2.24, 2.45) is 5.92 Å². The van der Waals surface area contributed by atoms with E-state index in [4.69, 9.17) is 0 Å². The summed E-state index contributed by atoms with van der Waals surface area (Å²) in [4.78, 5) is 11.4. The number of allylic oxidation sites excluding steroid dienone is 1. The number of Topliss-reactive ketones (excluding diaryl/α,β-unsaturated/α-hetero) is 1. The van der Waals surface area contributed by atoms with Gasteiger partial charge in [-0.05, 0) is 26.2 Å². The standard InChI is InChI=1S/C10H16O2/c1-6(2)10-8(11)4-7(3)5-9(10)12/h7-8,11H,4-5H2,1-3H3/t7-,8-/m1/s1. The van der Waals surface area contributed by atoms with Crippen molar-refractivity contribution in [3.05, 3.63) is 11.1 Å². The highest BCUT2D eigenvalue weighted by Crippen LogP contribution is 2.27. The molecule has 0 heterocycles. The van der Waals surface area contributed by atoms with E-state index in [1.54, 1.807) is 0 Å². The van der Waals surface area contributed by atoms with Crippen molar-refractivity contribution < 1.29 is 9.90 Å². The first-order valence-corrected chi connectivity index (χ1v) is 4.41. The second-order valence-electron chi connectivity index (χ2n) is 3.90. The number of rotatable bonds is 0. The summed E-state index contributed by atoms with van der Waals surface area (Å²) >= 11 is 0. The molecule has 0 aliphatic heterocycles. The molecule has 2 atom stereocenters. The molecule has 0 bridgehead atoms. The van der Waals surface area contributed by atoms with Gasteiger partial charge in [0.1, 0.15) is 0 Å². The van der Waals surface area contributed by atoms with E-state index < -0.39 is 6.10 Å². The SMILES string of the molecule is CC(C)=C1C(=O)C[C@H](C)C[C@H]1O. The lowest BCUT2D eigenvalue weighted by Gasteiger charge is -2.25. The van der Waals surface area contributed by atoms with E-state index in [-0.39, 0.29) is 5.78 Å². The van der Waals surface area contributed by atoms with Crippen molar-refractivity contribution >= 4 is 5.78 Å². The smallest absolute Gasteiger partial charge is 0.161 e. The average molecular weight is 168 g/mol. The van der Waals surface area contributed by atoms with Crippen LogP contribution in [0.3, 0.4) is 0 Å². The zero-order valence-corrected chi connectivity index (χ0v) is 7.92. The number of aliphatic hydroxyl groups is 1. The van der Waals surface area contributed by atoms with Crippen LogP contribution < -0.4 is 0 Å². The normalized spacial score (nSPS) is 30.7. The third kappa shape index (κ3) is 1.75. The molecule has 0 amide bonds. The van der Waals surface area contributed by atoms with Crippen molar-refractivity contribution in [1.29, 1.82) is 0 Å². The summed E-state index contributed by atoms with van der Waals surface area (Å²) in [5.41, 5.74) is 1.60. The number of hydrogen-bond donors (Lipinski definition) is 1. The highest BCUT2D eigenvalue weighted by atomic mass is 16.3. The predicted molar refractivity (Wildman–Crippen MR) is 47.8 cm³/mol. The number of ketones is 1. The first-order chi connectivity index (χ1) is 5.52. The molecule has 2 heteroatoms. The highest BCUT2D eigenvalue weighted by molar-refractivity contribution is 5.97. The molecule has 0 saturated heterocycles. The number of carbonyl (C=O) groups excluding carboxylic acids is 1. The molecular weight excluding hydrogens is 152 g/mol. The Labute approximate surface area is 73.3 Å². The first kappa shape index (κ1) is 9.46. The molecule has 1 rings (SSSR count). The van der Waals surface area contributed by atoms with Gasteiger partial charge in [-0.2, -0.15) is 0 Å². The summed E-state index contributed by atoms with van der Waals surface area (Å²) in [5, 5.41) is 9.60. The van der Waals surface area contributed by atoms with Crippen LogP contribution in [0.5, 0.6) is 0 Å². The Bertz CT molecular complexity index is 224. The summed E-state index contributed by atoms with van der Waals surface area (Å²) in [6, 6.07) is 0. The van der Waals surface area contributed by atoms with E-state index in [1.165, 1.54) is 0 Å². The van der Waals surface area contributed by atoms with Gasteiger partial charge < -0.3 is 5.11 Å². The van der Waals surface area contributed by atoms with Gasteiger partial charge in [-0.15, -0.1) is 0 Å². The van der Waals surface area contributed by atoms with Crippen molar-refractivity contribution in [1.82, 2.24) is 0 Å². The van der Waals surface area contributed by atoms with Crippen molar-refractivity contribution in [2.45, 2.75) is 39.7 Å². The number of aliphatic hydroxyl groups excluding tert-OH is 1. The highest BCUT2D eigenvalue weighted by Gasteiger charge is 2.28. The monoisotopic (exact) mass is 168 g/mol. The maximum absolute atomic E-state index is 11.4. The van der Waals surface area contributed by atoms with Gasteiger partial charge in [-0.3, -0.25) is 4.79 Å². The minimum atomic E-state index is -0.522. The van der Waals surface area contributed by atoms with Gasteiger partial charge in [-0.1, -0.05) is 12.5 Å². The molecule has 0 aromatic carbocycles. The molecule has 0 spiro atoms. The lowest BCUT2D eigenvalue weighted by molar-refractivity contribution is -0.119. The molecule has 2 nitrogen and oxygen atoms in total. The Kier molecular flexibility index (Phi) is 2.68. The van der Waals surface area contributed by atoms with E-state index in [2.05, 4.69) is 0 Å². The van der Waals surface area contributed by atoms with Crippen LogP contribution in [0.15, 0.2) is 11.1 Å². The molecule has 12 heavy (non-hydrogen) atoms. The van der Waals surface area contributed by atoms with Crippen molar-refractivity contribution in [2.75, 3.05) is 0 Å². The molecule has 1 fully saturated rings. The number of carbonyl (C=O) groups is 1. The lowest BCUT2D eigenvalue weighted by Crippen LogP contribution is -2.29. The van der Waals surface area contributed by atoms with Gasteiger partial charge in [-0.25, -0.2) is 0 Å². The summed E-state index contributed by atoms with van der Waals surface area (Å²) < 4.78 is 0. The average Bonchev–Trinajstić information content (AvgIpc) is 1.82. The predicted octanol–water partition coefficient (Wildman–Crippen LogP) is 1.68. The largest absolute Gasteiger partial charge is 0.388 e. The Hall–Kier alpha value is -0.630. The van der Waals surface area contributed by atoms with E-state index in [0.717, 1.165) is 12.0 Å². The maximum Gasteiger partial charge on any atom is 0.161 e. The maximum atomic E-state index is 11.4. The van der Waals surface area contributed by atoms with Crippen LogP contribution in [0.25, 0.3) is 0 Å². The van der Waals surface area contributed by atoms with Crippen LogP contribution in [0.2, 0.25) is 0 Å². The first-order valence-electron chi connectivity index (χ1n) is 4.41. The Balaban J connectivity index is 2.89. The second kappa shape index (κ2) is 3.40. The molecular formula is C10H16O2. The second-order valence-corrected chi connectivity index (χ2v) is 3.90. The fourth-order valence-electron chi connectivity index (χ4n) is 1.81. The Morgan fingerprint density at radius 1 is 1.50 bits per heavy atom. The topological polar surface area (TPSA) is 37.3 Å². The molecule has 1 aliphatic carbocycles. The van der Waals surface area contributed by atoms with E-state index in [9.17, 15) is 9.90 Å². The minimum Gasteiger partial charge on any atom is -0.388 e. The van der Waals surface area contributed by atoms with Crippen LogP contribution in [0, 0.1) is 5.92 Å². The van der Waals surface area contributed by atoms with Crippen LogP contribution in [0.1, 0.15) is 33.6 Å². The van der Waals surface area contributed by atoms with Crippen LogP contribution in [-0.2, 0) is 4.79 Å². The molecule has 0 aromatic rings. The molecule has 1 saturated carbocycles. The van der Waals surface area contributed by atoms with E-state index >= 15 is 0 Å². The molecule has 0 radical (unpaired) electrons. The zero-order chi connectivity index (χ0) is 9.30. The molecule has 68 valence electrons. The third-order valence-electron chi connectivity index (χ3n) is 2.33. The fraction of sp³-hybridized carbons (Fsp3) is 0.700. The molecule has 0 unspecified atom stereocenters. The van der Waals surface area contributed by atoms with Gasteiger partial charge in [0.15, 0.2) is 5.78 Å². The molecule has 1 aliphatic rings. The third-order valence-corrected chi connectivity index (χ3v) is 2.33. The van der Waals surface area contributed by atoms with Gasteiger partial charge >= 0.3 is 0 Å².